The molecule has 5 heteroatoms. The Labute approximate surface area is 164 Å². The molecule has 1 aromatic heterocycles. The zero-order valence-corrected chi connectivity index (χ0v) is 16.3. The molecule has 4 rings (SSSR count). The van der Waals surface area contributed by atoms with Crippen LogP contribution in [0, 0.1) is 13.8 Å². The first-order valence-corrected chi connectivity index (χ1v) is 9.58. The third-order valence-electron chi connectivity index (χ3n) is 5.39. The number of carbonyl (C=O) groups excluding carboxylic acids is 2. The van der Waals surface area contributed by atoms with E-state index in [9.17, 15) is 9.59 Å². The van der Waals surface area contributed by atoms with E-state index in [-0.39, 0.29) is 18.1 Å². The summed E-state index contributed by atoms with van der Waals surface area (Å²) in [5, 5.41) is 7.62. The lowest BCUT2D eigenvalue weighted by atomic mass is 9.84. The maximum atomic E-state index is 13.3. The summed E-state index contributed by atoms with van der Waals surface area (Å²) in [6.45, 7) is 5.92. The van der Waals surface area contributed by atoms with E-state index in [4.69, 9.17) is 0 Å². The number of Topliss-reactive ketones (excluding diaryl/α,β-unsaturated/α-hetero) is 1. The van der Waals surface area contributed by atoms with Crippen LogP contribution in [-0.4, -0.2) is 21.5 Å². The molecule has 0 saturated carbocycles. The molecule has 1 amide bonds. The van der Waals surface area contributed by atoms with Crippen LogP contribution in [0.2, 0.25) is 0 Å². The van der Waals surface area contributed by atoms with Gasteiger partial charge in [0.25, 0.3) is 0 Å². The van der Waals surface area contributed by atoms with E-state index in [2.05, 4.69) is 29.5 Å². The van der Waals surface area contributed by atoms with Crippen LogP contribution in [0.3, 0.4) is 0 Å². The van der Waals surface area contributed by atoms with Gasteiger partial charge < -0.3 is 5.32 Å². The van der Waals surface area contributed by atoms with Gasteiger partial charge in [-0.05, 0) is 43.5 Å². The van der Waals surface area contributed by atoms with Crippen molar-refractivity contribution >= 4 is 17.5 Å². The van der Waals surface area contributed by atoms with Crippen molar-refractivity contribution in [3.8, 4) is 5.69 Å². The SMILES string of the molecule is CCc1cccc(-n2nc(C)c3c2NC(=O)C[C@H]3C(=O)c2ccccc2C)c1. The summed E-state index contributed by atoms with van der Waals surface area (Å²) < 4.78 is 1.75. The summed E-state index contributed by atoms with van der Waals surface area (Å²) in [7, 11) is 0. The number of benzene rings is 2. The molecular formula is C23H23N3O2. The van der Waals surface area contributed by atoms with Gasteiger partial charge in [-0.2, -0.15) is 5.10 Å². The molecule has 1 atom stereocenters. The van der Waals surface area contributed by atoms with Gasteiger partial charge >= 0.3 is 0 Å². The number of fused-ring (bicyclic) bond motifs is 1. The number of rotatable bonds is 4. The molecule has 0 saturated heterocycles. The Morgan fingerprint density at radius 2 is 1.96 bits per heavy atom. The Morgan fingerprint density at radius 1 is 1.18 bits per heavy atom. The molecule has 0 unspecified atom stereocenters. The van der Waals surface area contributed by atoms with Crippen molar-refractivity contribution in [1.29, 1.82) is 0 Å². The molecule has 142 valence electrons. The molecule has 2 heterocycles. The van der Waals surface area contributed by atoms with Crippen molar-refractivity contribution in [2.75, 3.05) is 5.32 Å². The maximum absolute atomic E-state index is 13.3. The largest absolute Gasteiger partial charge is 0.310 e. The van der Waals surface area contributed by atoms with Crippen LogP contribution in [0.25, 0.3) is 5.69 Å². The molecule has 0 bridgehead atoms. The number of nitrogens with zero attached hydrogens (tertiary/aromatic N) is 2. The zero-order valence-electron chi connectivity index (χ0n) is 16.3. The van der Waals surface area contributed by atoms with E-state index in [0.717, 1.165) is 28.9 Å². The number of hydrogen-bond acceptors (Lipinski definition) is 3. The topological polar surface area (TPSA) is 64.0 Å². The van der Waals surface area contributed by atoms with E-state index >= 15 is 0 Å². The van der Waals surface area contributed by atoms with Gasteiger partial charge in [-0.15, -0.1) is 0 Å². The van der Waals surface area contributed by atoms with Crippen LogP contribution >= 0.6 is 0 Å². The molecule has 5 nitrogen and oxygen atoms in total. The van der Waals surface area contributed by atoms with Crippen LogP contribution in [0.1, 0.15) is 52.0 Å². The number of amides is 1. The Morgan fingerprint density at radius 3 is 2.71 bits per heavy atom. The lowest BCUT2D eigenvalue weighted by molar-refractivity contribution is -0.116. The second-order valence-electron chi connectivity index (χ2n) is 7.27. The van der Waals surface area contributed by atoms with Crippen molar-refractivity contribution in [1.82, 2.24) is 9.78 Å². The smallest absolute Gasteiger partial charge is 0.226 e. The average molecular weight is 373 g/mol. The lowest BCUT2D eigenvalue weighted by Crippen LogP contribution is -2.28. The number of carbonyl (C=O) groups is 2. The van der Waals surface area contributed by atoms with Crippen LogP contribution in [0.15, 0.2) is 48.5 Å². The lowest BCUT2D eigenvalue weighted by Gasteiger charge is -2.23. The normalized spacial score (nSPS) is 15.8. The van der Waals surface area contributed by atoms with Crippen LogP contribution in [0.5, 0.6) is 0 Å². The van der Waals surface area contributed by atoms with Gasteiger partial charge in [0.05, 0.1) is 17.3 Å². The molecule has 0 radical (unpaired) electrons. The fraction of sp³-hybridized carbons (Fsp3) is 0.261. The number of aromatic nitrogens is 2. The Balaban J connectivity index is 1.83. The number of anilines is 1. The first-order valence-electron chi connectivity index (χ1n) is 9.58. The fourth-order valence-corrected chi connectivity index (χ4v) is 3.90. The van der Waals surface area contributed by atoms with Crippen molar-refractivity contribution in [2.45, 2.75) is 39.5 Å². The van der Waals surface area contributed by atoms with Gasteiger partial charge in [0.1, 0.15) is 5.82 Å². The minimum absolute atomic E-state index is 0.0286. The number of aryl methyl sites for hydroxylation is 3. The van der Waals surface area contributed by atoms with E-state index in [1.54, 1.807) is 4.68 Å². The summed E-state index contributed by atoms with van der Waals surface area (Å²) in [5.74, 6) is -0.103. The van der Waals surface area contributed by atoms with E-state index < -0.39 is 5.92 Å². The molecule has 3 aromatic rings. The molecule has 1 aliphatic rings. The Bertz CT molecular complexity index is 1080. The molecule has 28 heavy (non-hydrogen) atoms. The highest BCUT2D eigenvalue weighted by atomic mass is 16.2. The first kappa shape index (κ1) is 18.2. The van der Waals surface area contributed by atoms with E-state index in [1.165, 1.54) is 5.56 Å². The highest BCUT2D eigenvalue weighted by Crippen LogP contribution is 2.38. The molecular weight excluding hydrogens is 350 g/mol. The van der Waals surface area contributed by atoms with Gasteiger partial charge in [0.15, 0.2) is 5.78 Å². The van der Waals surface area contributed by atoms with Crippen molar-refractivity contribution in [3.05, 3.63) is 76.5 Å². The standard InChI is InChI=1S/C23H23N3O2/c1-4-16-9-7-10-17(12-16)26-23-21(15(3)25-26)19(13-20(27)24-23)22(28)18-11-6-5-8-14(18)2/h5-12,19H,4,13H2,1-3H3,(H,24,27)/t19-/m1/s1. The second kappa shape index (κ2) is 7.08. The highest BCUT2D eigenvalue weighted by Gasteiger charge is 2.36. The second-order valence-corrected chi connectivity index (χ2v) is 7.27. The van der Waals surface area contributed by atoms with Crippen LogP contribution < -0.4 is 5.32 Å². The highest BCUT2D eigenvalue weighted by molar-refractivity contribution is 6.08. The minimum atomic E-state index is -0.520. The first-order chi connectivity index (χ1) is 13.5. The van der Waals surface area contributed by atoms with Gasteiger partial charge in [-0.25, -0.2) is 4.68 Å². The minimum Gasteiger partial charge on any atom is -0.310 e. The summed E-state index contributed by atoms with van der Waals surface area (Å²) in [6, 6.07) is 15.6. The number of hydrogen-bond donors (Lipinski definition) is 1. The third kappa shape index (κ3) is 3.03. The van der Waals surface area contributed by atoms with Gasteiger partial charge in [-0.3, -0.25) is 9.59 Å². The summed E-state index contributed by atoms with van der Waals surface area (Å²) in [4.78, 5) is 25.8. The molecule has 0 spiro atoms. The molecule has 0 fully saturated rings. The van der Waals surface area contributed by atoms with Crippen molar-refractivity contribution < 1.29 is 9.59 Å². The zero-order chi connectivity index (χ0) is 19.8. The van der Waals surface area contributed by atoms with Gasteiger partial charge in [-0.1, -0.05) is 43.3 Å². The summed E-state index contributed by atoms with van der Waals surface area (Å²) in [5.41, 5.74) is 5.23. The van der Waals surface area contributed by atoms with Crippen molar-refractivity contribution in [2.24, 2.45) is 0 Å². The monoisotopic (exact) mass is 373 g/mol. The van der Waals surface area contributed by atoms with Gasteiger partial charge in [0.2, 0.25) is 5.91 Å². The van der Waals surface area contributed by atoms with E-state index in [1.807, 2.05) is 50.2 Å². The average Bonchev–Trinajstić information content (AvgIpc) is 3.03. The van der Waals surface area contributed by atoms with Gasteiger partial charge in [0, 0.05) is 17.5 Å². The molecule has 1 N–H and O–H groups in total. The summed E-state index contributed by atoms with van der Waals surface area (Å²) in [6.07, 6.45) is 1.05. The molecule has 1 aliphatic heterocycles. The predicted molar refractivity (Wildman–Crippen MR) is 109 cm³/mol. The fourth-order valence-electron chi connectivity index (χ4n) is 3.90. The molecule has 2 aromatic carbocycles. The van der Waals surface area contributed by atoms with E-state index in [0.29, 0.717) is 11.4 Å². The third-order valence-corrected chi connectivity index (χ3v) is 5.39. The quantitative estimate of drug-likeness (QED) is 0.691. The predicted octanol–water partition coefficient (Wildman–Crippen LogP) is 4.36. The Hall–Kier alpha value is -3.21. The Kier molecular flexibility index (Phi) is 4.59. The summed E-state index contributed by atoms with van der Waals surface area (Å²) >= 11 is 0. The van der Waals surface area contributed by atoms with Crippen molar-refractivity contribution in [3.63, 3.8) is 0 Å². The maximum Gasteiger partial charge on any atom is 0.226 e. The van der Waals surface area contributed by atoms with Crippen LogP contribution in [-0.2, 0) is 11.2 Å². The molecule has 0 aliphatic carbocycles. The number of nitrogens with one attached hydrogen (secondary N) is 1. The number of ketones is 1. The van der Waals surface area contributed by atoms with Crippen LogP contribution in [0.4, 0.5) is 5.82 Å².